The fourth-order valence-corrected chi connectivity index (χ4v) is 3.12. The molecule has 22 heavy (non-hydrogen) atoms. The van der Waals surface area contributed by atoms with Gasteiger partial charge < -0.3 is 14.5 Å². The molecule has 4 nitrogen and oxygen atoms in total. The van der Waals surface area contributed by atoms with E-state index in [0.717, 1.165) is 0 Å². The van der Waals surface area contributed by atoms with Crippen LogP contribution >= 0.6 is 7.60 Å². The molecular weight excluding hydrogens is 299 g/mol. The topological polar surface area (TPSA) is 69.6 Å². The second-order valence-corrected chi connectivity index (χ2v) is 9.24. The standard InChI is InChI=1S/C17H25O4P.H2/c1-8-21-22(19,20)11-12-9-13(16(2,3)4)15(18)14(10-12)17(5,6)7;/h1,9-10,18H,11H2,2-7H3,(H,19,20);1H/p-1. The molecule has 1 N–H and O–H groups in total. The fourth-order valence-electron chi connectivity index (χ4n) is 2.27. The van der Waals surface area contributed by atoms with E-state index in [1.807, 2.05) is 41.5 Å². The molecule has 0 bridgehead atoms. The minimum absolute atomic E-state index is 0. The van der Waals surface area contributed by atoms with Crippen molar-refractivity contribution in [2.75, 3.05) is 0 Å². The quantitative estimate of drug-likeness (QED) is 0.676. The smallest absolute Gasteiger partial charge is 0.200 e. The van der Waals surface area contributed by atoms with E-state index in [1.165, 1.54) is 0 Å². The zero-order valence-corrected chi connectivity index (χ0v) is 15.0. The van der Waals surface area contributed by atoms with Crippen molar-refractivity contribution in [2.24, 2.45) is 0 Å². The van der Waals surface area contributed by atoms with Gasteiger partial charge in [-0.1, -0.05) is 60.1 Å². The number of hydrogen-bond donors (Lipinski definition) is 1. The zero-order valence-electron chi connectivity index (χ0n) is 14.1. The zero-order chi connectivity index (χ0) is 17.3. The largest absolute Gasteiger partial charge is 0.768 e. The minimum atomic E-state index is -4.14. The van der Waals surface area contributed by atoms with E-state index in [9.17, 15) is 14.6 Å². The Morgan fingerprint density at radius 3 is 1.95 bits per heavy atom. The van der Waals surface area contributed by atoms with Crippen molar-refractivity contribution in [1.29, 1.82) is 0 Å². The van der Waals surface area contributed by atoms with Crippen LogP contribution in [0.2, 0.25) is 0 Å². The number of phenols is 1. The number of hydrogen-bond acceptors (Lipinski definition) is 4. The Balaban J connectivity index is 0.00000484. The highest BCUT2D eigenvalue weighted by atomic mass is 31.2. The summed E-state index contributed by atoms with van der Waals surface area (Å²) < 4.78 is 16.2. The first-order valence-electron chi connectivity index (χ1n) is 7.09. The molecule has 0 saturated heterocycles. The number of terminal acetylenes is 1. The van der Waals surface area contributed by atoms with Gasteiger partial charge in [0.15, 0.2) is 0 Å². The molecule has 1 aromatic carbocycles. The van der Waals surface area contributed by atoms with Gasteiger partial charge >= 0.3 is 0 Å². The van der Waals surface area contributed by atoms with E-state index >= 15 is 0 Å². The number of rotatable bonds is 3. The summed E-state index contributed by atoms with van der Waals surface area (Å²) in [5.41, 5.74) is 1.33. The molecule has 1 aromatic rings. The molecular formula is C17H26O4P-. The lowest BCUT2D eigenvalue weighted by atomic mass is 9.78. The van der Waals surface area contributed by atoms with E-state index in [1.54, 1.807) is 18.2 Å². The average Bonchev–Trinajstić information content (AvgIpc) is 2.27. The lowest BCUT2D eigenvalue weighted by Crippen LogP contribution is -2.18. The molecule has 0 aliphatic heterocycles. The highest BCUT2D eigenvalue weighted by molar-refractivity contribution is 7.50. The molecule has 0 heterocycles. The van der Waals surface area contributed by atoms with Crippen molar-refractivity contribution in [1.82, 2.24) is 0 Å². The van der Waals surface area contributed by atoms with Gasteiger partial charge in [0.1, 0.15) is 11.9 Å². The highest BCUT2D eigenvalue weighted by Crippen LogP contribution is 2.45. The maximum Gasteiger partial charge on any atom is 0.200 e. The van der Waals surface area contributed by atoms with Gasteiger partial charge in [0.05, 0.1) is 0 Å². The van der Waals surface area contributed by atoms with Gasteiger partial charge in [-0.25, -0.2) is 0 Å². The Morgan fingerprint density at radius 2 is 1.64 bits per heavy atom. The van der Waals surface area contributed by atoms with Crippen LogP contribution in [0, 0.1) is 12.5 Å². The molecule has 5 heteroatoms. The highest BCUT2D eigenvalue weighted by Gasteiger charge is 2.27. The van der Waals surface area contributed by atoms with E-state index in [4.69, 9.17) is 6.42 Å². The average molecular weight is 325 g/mol. The maximum absolute atomic E-state index is 11.8. The van der Waals surface area contributed by atoms with Crippen LogP contribution in [-0.4, -0.2) is 5.11 Å². The maximum atomic E-state index is 11.8. The Labute approximate surface area is 134 Å². The first kappa shape index (κ1) is 18.6. The summed E-state index contributed by atoms with van der Waals surface area (Å²) in [7, 11) is -4.14. The van der Waals surface area contributed by atoms with Gasteiger partial charge in [0, 0.05) is 7.59 Å². The van der Waals surface area contributed by atoms with Crippen molar-refractivity contribution < 1.29 is 20.5 Å². The fraction of sp³-hybridized carbons (Fsp3) is 0.529. The van der Waals surface area contributed by atoms with Crippen molar-refractivity contribution in [3.63, 3.8) is 0 Å². The summed E-state index contributed by atoms with van der Waals surface area (Å²) in [6.07, 6.45) is 6.31. The van der Waals surface area contributed by atoms with E-state index in [2.05, 4.69) is 4.52 Å². The summed E-state index contributed by atoms with van der Waals surface area (Å²) >= 11 is 0. The minimum Gasteiger partial charge on any atom is -0.768 e. The van der Waals surface area contributed by atoms with Crippen molar-refractivity contribution >= 4 is 7.60 Å². The van der Waals surface area contributed by atoms with Crippen molar-refractivity contribution in [2.45, 2.75) is 58.5 Å². The molecule has 0 aliphatic rings. The normalized spacial score (nSPS) is 15.0. The van der Waals surface area contributed by atoms with Gasteiger partial charge in [0.2, 0.25) is 7.60 Å². The lowest BCUT2D eigenvalue weighted by molar-refractivity contribution is -0.193. The van der Waals surface area contributed by atoms with Crippen LogP contribution in [0.3, 0.4) is 0 Å². The van der Waals surface area contributed by atoms with Crippen LogP contribution in [0.1, 0.15) is 59.7 Å². The molecule has 0 fully saturated rings. The van der Waals surface area contributed by atoms with E-state index in [-0.39, 0.29) is 24.2 Å². The molecule has 1 rings (SSSR count). The first-order valence-corrected chi connectivity index (χ1v) is 8.82. The van der Waals surface area contributed by atoms with Crippen LogP contribution in [0.5, 0.6) is 5.75 Å². The Bertz CT molecular complexity index is 613. The number of benzene rings is 1. The van der Waals surface area contributed by atoms with Crippen LogP contribution in [0.4, 0.5) is 0 Å². The Kier molecular flexibility index (Phi) is 5.07. The van der Waals surface area contributed by atoms with Crippen LogP contribution < -0.4 is 4.89 Å². The van der Waals surface area contributed by atoms with Gasteiger partial charge in [0.25, 0.3) is 0 Å². The predicted molar refractivity (Wildman–Crippen MR) is 88.8 cm³/mol. The van der Waals surface area contributed by atoms with E-state index < -0.39 is 7.60 Å². The van der Waals surface area contributed by atoms with Crippen molar-refractivity contribution in [3.05, 3.63) is 28.8 Å². The third-order valence-corrected chi connectivity index (χ3v) is 4.49. The molecule has 0 saturated carbocycles. The van der Waals surface area contributed by atoms with Gasteiger partial charge in [-0.15, -0.1) is 0 Å². The third-order valence-electron chi connectivity index (χ3n) is 3.35. The molecule has 0 aliphatic carbocycles. The summed E-state index contributed by atoms with van der Waals surface area (Å²) in [6, 6.07) is 3.41. The van der Waals surface area contributed by atoms with Gasteiger partial charge in [-0.3, -0.25) is 4.57 Å². The Hall–Kier alpha value is -1.43. The molecule has 1 unspecified atom stereocenters. The first-order chi connectivity index (χ1) is 9.78. The Morgan fingerprint density at radius 1 is 1.23 bits per heavy atom. The summed E-state index contributed by atoms with van der Waals surface area (Å²) in [4.78, 5) is 11.8. The monoisotopic (exact) mass is 325 g/mol. The molecule has 0 spiro atoms. The third kappa shape index (κ3) is 4.53. The molecule has 124 valence electrons. The molecule has 0 amide bonds. The molecule has 0 aromatic heterocycles. The lowest BCUT2D eigenvalue weighted by Gasteiger charge is -2.29. The van der Waals surface area contributed by atoms with E-state index in [0.29, 0.717) is 16.7 Å². The molecule has 1 atom stereocenters. The molecule has 0 radical (unpaired) electrons. The van der Waals surface area contributed by atoms with Gasteiger partial charge in [-0.2, -0.15) is 0 Å². The summed E-state index contributed by atoms with van der Waals surface area (Å²) in [5.74, 6) is 0.211. The SMILES string of the molecule is C#COP(=O)([O-])Cc1cc(C(C)(C)C)c(O)c(C(C)(C)C)c1.[HH]. The predicted octanol–water partition coefficient (Wildman–Crippen LogP) is 3.89. The van der Waals surface area contributed by atoms with Crippen LogP contribution in [-0.2, 0) is 26.1 Å². The van der Waals surface area contributed by atoms with Gasteiger partial charge in [-0.05, 0) is 27.5 Å². The summed E-state index contributed by atoms with van der Waals surface area (Å²) in [6.45, 7) is 11.8. The summed E-state index contributed by atoms with van der Waals surface area (Å²) in [5, 5.41) is 10.6. The van der Waals surface area contributed by atoms with Crippen molar-refractivity contribution in [3.8, 4) is 18.3 Å². The second kappa shape index (κ2) is 5.99. The number of aromatic hydroxyl groups is 1. The van der Waals surface area contributed by atoms with Crippen LogP contribution in [0.15, 0.2) is 12.1 Å². The second-order valence-electron chi connectivity index (χ2n) is 7.52. The van der Waals surface area contributed by atoms with Crippen LogP contribution in [0.25, 0.3) is 0 Å². The number of phenolic OH excluding ortho intramolecular Hbond substituents is 1.